The average molecular weight is 537 g/mol. The van der Waals surface area contributed by atoms with Crippen molar-refractivity contribution in [3.63, 3.8) is 0 Å². The number of nitrogens with one attached hydrogen (secondary N) is 1. The number of methoxy groups -OCH3 is 1. The lowest BCUT2D eigenvalue weighted by molar-refractivity contribution is 0.00821. The molecule has 2 aromatic heterocycles. The van der Waals surface area contributed by atoms with Crippen molar-refractivity contribution in [3.05, 3.63) is 59.7 Å². The minimum absolute atomic E-state index is 0.135. The van der Waals surface area contributed by atoms with E-state index in [4.69, 9.17) is 15.3 Å². The Hall–Kier alpha value is -4.61. The highest BCUT2D eigenvalue weighted by molar-refractivity contribution is 6.04. The van der Waals surface area contributed by atoms with Crippen LogP contribution in [0.1, 0.15) is 72.7 Å². The van der Waals surface area contributed by atoms with Crippen molar-refractivity contribution in [1.82, 2.24) is 19.5 Å². The van der Waals surface area contributed by atoms with Gasteiger partial charge in [-0.25, -0.2) is 24.2 Å². The Balaban J connectivity index is 1.62. The molecule has 0 saturated carbocycles. The minimum Gasteiger partial charge on any atom is -0.497 e. The fourth-order valence-corrected chi connectivity index (χ4v) is 4.40. The maximum atomic E-state index is 12.9. The van der Waals surface area contributed by atoms with Crippen molar-refractivity contribution in [1.29, 1.82) is 0 Å². The molecule has 1 saturated heterocycles. The number of hydrogen-bond acceptors (Lipinski definition) is 8. The molecule has 0 spiro atoms. The number of carbonyl (C=O) groups excluding carboxylic acids is 2. The monoisotopic (exact) mass is 536 g/mol. The summed E-state index contributed by atoms with van der Waals surface area (Å²) in [5.41, 5.74) is 0.00357. The van der Waals surface area contributed by atoms with Gasteiger partial charge in [0.25, 0.3) is 5.91 Å². The third-order valence-corrected chi connectivity index (χ3v) is 6.20. The normalized spacial score (nSPS) is 15.5. The molecular formula is C27H32N6O6. The van der Waals surface area contributed by atoms with Gasteiger partial charge in [-0.05, 0) is 58.2 Å². The number of likely N-dealkylation sites (tertiary alicyclic amines) is 1. The SMILES string of the molecule is COc1ccnc(NC(=O)c2ccc(-c3nc(C4CCCCN4C(=O)OC(C)(C)C)n(N)c3C(=O)O)cc2)c1. The van der Waals surface area contributed by atoms with Gasteiger partial charge in [-0.2, -0.15) is 0 Å². The smallest absolute Gasteiger partial charge is 0.410 e. The quantitative estimate of drug-likeness (QED) is 0.394. The fourth-order valence-electron chi connectivity index (χ4n) is 4.40. The van der Waals surface area contributed by atoms with Gasteiger partial charge in [-0.15, -0.1) is 0 Å². The van der Waals surface area contributed by atoms with E-state index in [9.17, 15) is 19.5 Å². The number of carbonyl (C=O) groups is 3. The van der Waals surface area contributed by atoms with E-state index in [0.717, 1.165) is 17.5 Å². The van der Waals surface area contributed by atoms with Gasteiger partial charge >= 0.3 is 12.1 Å². The Bertz CT molecular complexity index is 1380. The van der Waals surface area contributed by atoms with Crippen molar-refractivity contribution in [3.8, 4) is 17.0 Å². The van der Waals surface area contributed by atoms with E-state index in [-0.39, 0.29) is 17.2 Å². The molecule has 12 nitrogen and oxygen atoms in total. The highest BCUT2D eigenvalue weighted by Gasteiger charge is 2.36. The van der Waals surface area contributed by atoms with Gasteiger partial charge in [-0.1, -0.05) is 12.1 Å². The third kappa shape index (κ3) is 6.11. The summed E-state index contributed by atoms with van der Waals surface area (Å²) in [4.78, 5) is 48.1. The Morgan fingerprint density at radius 2 is 1.85 bits per heavy atom. The lowest BCUT2D eigenvalue weighted by atomic mass is 10.0. The number of carboxylic acid groups (broad SMARTS) is 1. The van der Waals surface area contributed by atoms with Gasteiger partial charge in [0.15, 0.2) is 11.5 Å². The standard InChI is InChI=1S/C27H32N6O6/c1-27(2,3)39-26(37)32-14-6-5-7-19(32)23-31-21(22(25(35)36)33(23)28)16-8-10-17(11-9-16)24(34)30-20-15-18(38-4)12-13-29-20/h8-13,15,19H,5-7,14,28H2,1-4H3,(H,35,36)(H,29,30,34). The molecule has 1 atom stereocenters. The van der Waals surface area contributed by atoms with Crippen molar-refractivity contribution in [2.75, 3.05) is 24.8 Å². The van der Waals surface area contributed by atoms with E-state index in [1.54, 1.807) is 62.1 Å². The summed E-state index contributed by atoms with van der Waals surface area (Å²) in [5.74, 6) is 5.72. The van der Waals surface area contributed by atoms with E-state index in [1.165, 1.54) is 13.3 Å². The van der Waals surface area contributed by atoms with Crippen LogP contribution in [0.5, 0.6) is 5.75 Å². The molecule has 1 aromatic carbocycles. The number of aromatic nitrogens is 3. The Morgan fingerprint density at radius 3 is 2.49 bits per heavy atom. The molecule has 0 aliphatic carbocycles. The summed E-state index contributed by atoms with van der Waals surface area (Å²) in [6, 6.07) is 9.00. The number of rotatable bonds is 6. The molecule has 0 radical (unpaired) electrons. The molecule has 3 aromatic rings. The summed E-state index contributed by atoms with van der Waals surface area (Å²) in [6.07, 6.45) is 3.18. The highest BCUT2D eigenvalue weighted by Crippen LogP contribution is 2.34. The van der Waals surface area contributed by atoms with E-state index in [0.29, 0.717) is 35.7 Å². The number of imidazole rings is 1. The molecule has 0 bridgehead atoms. The predicted molar refractivity (Wildman–Crippen MR) is 143 cm³/mol. The fraction of sp³-hybridized carbons (Fsp3) is 0.370. The molecular weight excluding hydrogens is 504 g/mol. The number of anilines is 1. The molecule has 4 N–H and O–H groups in total. The summed E-state index contributed by atoms with van der Waals surface area (Å²) in [5, 5.41) is 12.7. The summed E-state index contributed by atoms with van der Waals surface area (Å²) in [6.45, 7) is 5.79. The van der Waals surface area contributed by atoms with Gasteiger partial charge in [0, 0.05) is 29.9 Å². The minimum atomic E-state index is -1.27. The summed E-state index contributed by atoms with van der Waals surface area (Å²) in [7, 11) is 1.52. The average Bonchev–Trinajstić information content (AvgIpc) is 3.25. The topological polar surface area (TPSA) is 162 Å². The second-order valence-corrected chi connectivity index (χ2v) is 10.1. The van der Waals surface area contributed by atoms with Crippen LogP contribution in [-0.2, 0) is 4.74 Å². The first kappa shape index (κ1) is 27.4. The second-order valence-electron chi connectivity index (χ2n) is 10.1. The van der Waals surface area contributed by atoms with Gasteiger partial charge in [0.1, 0.15) is 22.9 Å². The molecule has 206 valence electrons. The number of nitrogens with zero attached hydrogens (tertiary/aromatic N) is 4. The van der Waals surface area contributed by atoms with Crippen LogP contribution in [0.25, 0.3) is 11.3 Å². The molecule has 1 unspecified atom stereocenters. The van der Waals surface area contributed by atoms with Crippen molar-refractivity contribution in [2.24, 2.45) is 0 Å². The number of pyridine rings is 1. The van der Waals surface area contributed by atoms with E-state index in [1.807, 2.05) is 0 Å². The van der Waals surface area contributed by atoms with Gasteiger partial charge in [0.05, 0.1) is 13.2 Å². The molecule has 2 amide bonds. The maximum absolute atomic E-state index is 12.9. The predicted octanol–water partition coefficient (Wildman–Crippen LogP) is 4.08. The number of nitrogens with two attached hydrogens (primary N) is 1. The Kier molecular flexibility index (Phi) is 7.75. The van der Waals surface area contributed by atoms with Crippen LogP contribution in [0.2, 0.25) is 0 Å². The van der Waals surface area contributed by atoms with Crippen LogP contribution < -0.4 is 15.9 Å². The highest BCUT2D eigenvalue weighted by atomic mass is 16.6. The molecule has 1 aliphatic heterocycles. The van der Waals surface area contributed by atoms with Crippen LogP contribution in [0.4, 0.5) is 10.6 Å². The number of hydrogen-bond donors (Lipinski definition) is 3. The number of nitrogen functional groups attached to an aromatic ring is 1. The van der Waals surface area contributed by atoms with Crippen molar-refractivity contribution >= 4 is 23.8 Å². The van der Waals surface area contributed by atoms with E-state index >= 15 is 0 Å². The van der Waals surface area contributed by atoms with Crippen LogP contribution in [0.3, 0.4) is 0 Å². The zero-order valence-electron chi connectivity index (χ0n) is 22.3. The van der Waals surface area contributed by atoms with E-state index < -0.39 is 29.6 Å². The molecule has 1 aliphatic rings. The Labute approximate surface area is 225 Å². The lowest BCUT2D eigenvalue weighted by Crippen LogP contribution is -2.43. The van der Waals surface area contributed by atoms with Gasteiger partial charge in [0.2, 0.25) is 0 Å². The van der Waals surface area contributed by atoms with Gasteiger partial charge in [-0.3, -0.25) is 9.69 Å². The van der Waals surface area contributed by atoms with Crippen LogP contribution >= 0.6 is 0 Å². The molecule has 39 heavy (non-hydrogen) atoms. The molecule has 12 heteroatoms. The zero-order valence-corrected chi connectivity index (χ0v) is 22.3. The van der Waals surface area contributed by atoms with Crippen LogP contribution in [-0.4, -0.2) is 61.9 Å². The summed E-state index contributed by atoms with van der Waals surface area (Å²) >= 11 is 0. The van der Waals surface area contributed by atoms with E-state index in [2.05, 4.69) is 15.3 Å². The van der Waals surface area contributed by atoms with Crippen LogP contribution in [0.15, 0.2) is 42.6 Å². The first-order chi connectivity index (χ1) is 18.5. The molecule has 3 heterocycles. The van der Waals surface area contributed by atoms with Crippen molar-refractivity contribution < 1.29 is 29.0 Å². The number of aromatic carboxylic acids is 1. The van der Waals surface area contributed by atoms with Gasteiger partial charge < -0.3 is 25.7 Å². The first-order valence-corrected chi connectivity index (χ1v) is 12.5. The number of ether oxygens (including phenoxy) is 2. The van der Waals surface area contributed by atoms with Crippen molar-refractivity contribution in [2.45, 2.75) is 51.7 Å². The molecule has 4 rings (SSSR count). The number of piperidine rings is 1. The lowest BCUT2D eigenvalue weighted by Gasteiger charge is -2.36. The number of amides is 2. The maximum Gasteiger partial charge on any atom is 0.410 e. The second kappa shape index (κ2) is 11.0. The largest absolute Gasteiger partial charge is 0.497 e. The third-order valence-electron chi connectivity index (χ3n) is 6.20. The first-order valence-electron chi connectivity index (χ1n) is 12.5. The number of benzene rings is 1. The summed E-state index contributed by atoms with van der Waals surface area (Å²) < 4.78 is 11.7. The molecule has 1 fully saturated rings. The van der Waals surface area contributed by atoms with Crippen LogP contribution in [0, 0.1) is 0 Å². The Morgan fingerprint density at radius 1 is 1.13 bits per heavy atom. The zero-order chi connectivity index (χ0) is 28.3. The number of carboxylic acids is 1.